The second kappa shape index (κ2) is 7.91. The molecule has 7 nitrogen and oxygen atoms in total. The number of pyridine rings is 1. The molecule has 0 amide bonds. The van der Waals surface area contributed by atoms with E-state index in [4.69, 9.17) is 0 Å². The molecule has 154 valence electrons. The Bertz CT molecular complexity index is 1210. The van der Waals surface area contributed by atoms with Crippen LogP contribution in [0.25, 0.3) is 16.7 Å². The number of hydrogen-bond donors (Lipinski definition) is 1. The largest absolute Gasteiger partial charge is 0.416 e. The summed E-state index contributed by atoms with van der Waals surface area (Å²) in [5.41, 5.74) is -0.432. The van der Waals surface area contributed by atoms with Crippen molar-refractivity contribution in [2.45, 2.75) is 19.1 Å². The molecule has 0 bridgehead atoms. The number of hydrogen-bond acceptors (Lipinski definition) is 6. The van der Waals surface area contributed by atoms with Gasteiger partial charge in [-0.2, -0.15) is 23.0 Å². The second-order valence-electron chi connectivity index (χ2n) is 6.30. The lowest BCUT2D eigenvalue weighted by Crippen LogP contribution is -2.15. The monoisotopic (exact) mass is 541 g/mol. The van der Waals surface area contributed by atoms with Gasteiger partial charge >= 0.3 is 6.18 Å². The van der Waals surface area contributed by atoms with E-state index >= 15 is 0 Å². The molecule has 0 aliphatic heterocycles. The standard InChI is InChI=1S/C18H12Br2F3N7/c1-9(17-27-8-28-30(17)14-3-2-11(19)6-24-14)29-16-12-4-10(18(21,22)23)5-13(20)15(12)25-7-26-16/h2-9H,1H3,(H,25,26,29). The van der Waals surface area contributed by atoms with Gasteiger partial charge < -0.3 is 5.32 Å². The third-order valence-electron chi connectivity index (χ3n) is 4.26. The summed E-state index contributed by atoms with van der Waals surface area (Å²) in [6.07, 6.45) is -0.194. The summed E-state index contributed by atoms with van der Waals surface area (Å²) in [6.45, 7) is 1.80. The average Bonchev–Trinajstić information content (AvgIpc) is 3.18. The van der Waals surface area contributed by atoms with E-state index in [0.29, 0.717) is 17.2 Å². The first-order valence-corrected chi connectivity index (χ1v) is 10.1. The number of nitrogens with zero attached hydrogens (tertiary/aromatic N) is 6. The Morgan fingerprint density at radius 3 is 2.53 bits per heavy atom. The SMILES string of the molecule is CC(Nc1ncnc2c(Br)cc(C(F)(F)F)cc12)c1ncnn1-c1ccc(Br)cn1. The molecule has 3 aromatic heterocycles. The van der Waals surface area contributed by atoms with E-state index in [0.717, 1.165) is 16.6 Å². The number of nitrogens with one attached hydrogen (secondary N) is 1. The Balaban J connectivity index is 1.73. The number of anilines is 1. The molecule has 12 heteroatoms. The van der Waals surface area contributed by atoms with E-state index in [-0.39, 0.29) is 15.7 Å². The highest BCUT2D eigenvalue weighted by Crippen LogP contribution is 2.36. The lowest BCUT2D eigenvalue weighted by atomic mass is 10.1. The molecule has 1 N–H and O–H groups in total. The van der Waals surface area contributed by atoms with Gasteiger partial charge in [-0.1, -0.05) is 0 Å². The van der Waals surface area contributed by atoms with E-state index in [2.05, 4.69) is 62.2 Å². The first-order valence-electron chi connectivity index (χ1n) is 8.54. The summed E-state index contributed by atoms with van der Waals surface area (Å²) in [7, 11) is 0. The van der Waals surface area contributed by atoms with Gasteiger partial charge in [0.25, 0.3) is 0 Å². The lowest BCUT2D eigenvalue weighted by Gasteiger charge is -2.17. The van der Waals surface area contributed by atoms with Crippen LogP contribution >= 0.6 is 31.9 Å². The van der Waals surface area contributed by atoms with Crippen LogP contribution in [0.1, 0.15) is 24.4 Å². The van der Waals surface area contributed by atoms with E-state index in [1.54, 1.807) is 23.9 Å². The summed E-state index contributed by atoms with van der Waals surface area (Å²) in [5.74, 6) is 1.31. The van der Waals surface area contributed by atoms with Crippen molar-refractivity contribution in [3.63, 3.8) is 0 Å². The van der Waals surface area contributed by atoms with Crippen molar-refractivity contribution in [3.05, 3.63) is 63.5 Å². The Kier molecular flexibility index (Phi) is 5.45. The molecule has 0 fully saturated rings. The second-order valence-corrected chi connectivity index (χ2v) is 8.07. The van der Waals surface area contributed by atoms with Crippen LogP contribution in [0, 0.1) is 0 Å². The highest BCUT2D eigenvalue weighted by atomic mass is 79.9. The molecular formula is C18H12Br2F3N7. The van der Waals surface area contributed by atoms with Crippen molar-refractivity contribution in [2.75, 3.05) is 5.32 Å². The number of rotatable bonds is 4. The van der Waals surface area contributed by atoms with Crippen LogP contribution in [0.3, 0.4) is 0 Å². The zero-order valence-electron chi connectivity index (χ0n) is 15.2. The molecule has 0 spiro atoms. The van der Waals surface area contributed by atoms with E-state index in [1.165, 1.54) is 12.7 Å². The van der Waals surface area contributed by atoms with Crippen LogP contribution in [0.5, 0.6) is 0 Å². The van der Waals surface area contributed by atoms with Crippen LogP contribution < -0.4 is 5.32 Å². The maximum absolute atomic E-state index is 13.3. The van der Waals surface area contributed by atoms with Crippen molar-refractivity contribution in [1.29, 1.82) is 0 Å². The zero-order chi connectivity index (χ0) is 21.5. The fourth-order valence-corrected chi connectivity index (χ4v) is 3.69. The fourth-order valence-electron chi connectivity index (χ4n) is 2.89. The molecule has 0 aliphatic carbocycles. The summed E-state index contributed by atoms with van der Waals surface area (Å²) in [4.78, 5) is 16.8. The molecule has 0 saturated heterocycles. The van der Waals surface area contributed by atoms with Gasteiger partial charge in [0.2, 0.25) is 0 Å². The molecule has 1 aromatic carbocycles. The highest BCUT2D eigenvalue weighted by Gasteiger charge is 2.32. The molecule has 30 heavy (non-hydrogen) atoms. The van der Waals surface area contributed by atoms with Gasteiger partial charge in [0.15, 0.2) is 11.6 Å². The minimum Gasteiger partial charge on any atom is -0.360 e. The summed E-state index contributed by atoms with van der Waals surface area (Å²) in [6, 6.07) is 5.17. The number of halogens is 5. The third-order valence-corrected chi connectivity index (χ3v) is 5.34. The number of fused-ring (bicyclic) bond motifs is 1. The van der Waals surface area contributed by atoms with Crippen LogP contribution in [0.2, 0.25) is 0 Å². The first-order chi connectivity index (χ1) is 14.2. The minimum atomic E-state index is -4.50. The van der Waals surface area contributed by atoms with Crippen molar-refractivity contribution >= 4 is 48.6 Å². The summed E-state index contributed by atoms with van der Waals surface area (Å²) in [5, 5.41) is 7.55. The molecule has 4 rings (SSSR count). The van der Waals surface area contributed by atoms with E-state index in [1.807, 2.05) is 6.07 Å². The van der Waals surface area contributed by atoms with E-state index < -0.39 is 17.8 Å². The van der Waals surface area contributed by atoms with Crippen LogP contribution in [0.15, 0.2) is 52.1 Å². The number of aromatic nitrogens is 6. The lowest BCUT2D eigenvalue weighted by molar-refractivity contribution is -0.137. The van der Waals surface area contributed by atoms with Gasteiger partial charge in [-0.3, -0.25) is 0 Å². The normalized spacial score (nSPS) is 12.9. The maximum Gasteiger partial charge on any atom is 0.416 e. The zero-order valence-corrected chi connectivity index (χ0v) is 18.4. The number of alkyl halides is 3. The quantitative estimate of drug-likeness (QED) is 0.376. The first kappa shape index (κ1) is 20.7. The smallest absolute Gasteiger partial charge is 0.360 e. The fraction of sp³-hybridized carbons (Fsp3) is 0.167. The van der Waals surface area contributed by atoms with Crippen molar-refractivity contribution in [1.82, 2.24) is 29.7 Å². The van der Waals surface area contributed by atoms with Gasteiger partial charge in [-0.15, -0.1) is 0 Å². The maximum atomic E-state index is 13.3. The van der Waals surface area contributed by atoms with Crippen LogP contribution in [-0.4, -0.2) is 29.7 Å². The number of benzene rings is 1. The molecule has 3 heterocycles. The molecule has 0 saturated carbocycles. The van der Waals surface area contributed by atoms with Crippen molar-refractivity contribution in [3.8, 4) is 5.82 Å². The van der Waals surface area contributed by atoms with Gasteiger partial charge in [0.05, 0.1) is 17.1 Å². The molecule has 1 unspecified atom stereocenters. The molecule has 0 radical (unpaired) electrons. The Labute approximate surface area is 185 Å². The molecule has 0 aliphatic rings. The molecule has 1 atom stereocenters. The summed E-state index contributed by atoms with van der Waals surface area (Å²) >= 11 is 6.50. The van der Waals surface area contributed by atoms with Gasteiger partial charge in [-0.25, -0.2) is 19.9 Å². The Hall–Kier alpha value is -2.60. The Morgan fingerprint density at radius 1 is 1.03 bits per heavy atom. The predicted molar refractivity (Wildman–Crippen MR) is 111 cm³/mol. The third kappa shape index (κ3) is 4.01. The van der Waals surface area contributed by atoms with Crippen molar-refractivity contribution in [2.24, 2.45) is 0 Å². The topological polar surface area (TPSA) is 81.4 Å². The van der Waals surface area contributed by atoms with Gasteiger partial charge in [0.1, 0.15) is 18.5 Å². The summed E-state index contributed by atoms with van der Waals surface area (Å²) < 4.78 is 42.4. The molecular weight excluding hydrogens is 531 g/mol. The predicted octanol–water partition coefficient (Wildman–Crippen LogP) is 5.32. The highest BCUT2D eigenvalue weighted by molar-refractivity contribution is 9.11. The minimum absolute atomic E-state index is 0.229. The van der Waals surface area contributed by atoms with Crippen LogP contribution in [-0.2, 0) is 6.18 Å². The van der Waals surface area contributed by atoms with Crippen molar-refractivity contribution < 1.29 is 13.2 Å². The average molecular weight is 543 g/mol. The van der Waals surface area contributed by atoms with Gasteiger partial charge in [-0.05, 0) is 63.0 Å². The van der Waals surface area contributed by atoms with Gasteiger partial charge in [0, 0.05) is 20.5 Å². The Morgan fingerprint density at radius 2 is 1.83 bits per heavy atom. The van der Waals surface area contributed by atoms with Crippen LogP contribution in [0.4, 0.5) is 19.0 Å². The molecule has 4 aromatic rings. The van der Waals surface area contributed by atoms with E-state index in [9.17, 15) is 13.2 Å².